The van der Waals surface area contributed by atoms with Crippen molar-refractivity contribution in [1.29, 1.82) is 0 Å². The Bertz CT molecular complexity index is 192. The van der Waals surface area contributed by atoms with Gasteiger partial charge in [-0.05, 0) is 32.1 Å². The lowest BCUT2D eigenvalue weighted by Gasteiger charge is -2.35. The lowest BCUT2D eigenvalue weighted by Crippen LogP contribution is -2.47. The van der Waals surface area contributed by atoms with Crippen LogP contribution in [-0.4, -0.2) is 24.3 Å². The van der Waals surface area contributed by atoms with E-state index >= 15 is 0 Å². The number of hydrogen-bond donors (Lipinski definition) is 2. The molecular weight excluding hydrogens is 188 g/mol. The van der Waals surface area contributed by atoms with Gasteiger partial charge in [-0.25, -0.2) is 0 Å². The first-order chi connectivity index (χ1) is 7.25. The number of nitrogens with two attached hydrogens (primary N) is 2. The van der Waals surface area contributed by atoms with Crippen molar-refractivity contribution in [3.05, 3.63) is 0 Å². The van der Waals surface area contributed by atoms with Crippen molar-refractivity contribution >= 4 is 0 Å². The molecule has 2 aliphatic rings. The van der Waals surface area contributed by atoms with Gasteiger partial charge in [-0.2, -0.15) is 0 Å². The van der Waals surface area contributed by atoms with E-state index in [2.05, 4.69) is 0 Å². The Hall–Kier alpha value is -0.120. The third kappa shape index (κ3) is 3.16. The van der Waals surface area contributed by atoms with Gasteiger partial charge in [0, 0.05) is 12.1 Å². The molecule has 4 N–H and O–H groups in total. The fraction of sp³-hybridized carbons (Fsp3) is 1.00. The lowest BCUT2D eigenvalue weighted by atomic mass is 9.89. The van der Waals surface area contributed by atoms with E-state index in [1.165, 1.54) is 32.1 Å². The summed E-state index contributed by atoms with van der Waals surface area (Å²) in [5.74, 6) is 0. The van der Waals surface area contributed by atoms with Crippen LogP contribution in [0.15, 0.2) is 0 Å². The Morgan fingerprint density at radius 2 is 1.60 bits per heavy atom. The molecule has 2 aliphatic carbocycles. The Kier molecular flexibility index (Phi) is 4.00. The van der Waals surface area contributed by atoms with Crippen LogP contribution in [0.4, 0.5) is 0 Å². The monoisotopic (exact) mass is 212 g/mol. The SMILES string of the molecule is NC1CCC(OC2CCCCC2)C(N)C1. The van der Waals surface area contributed by atoms with Crippen molar-refractivity contribution in [3.8, 4) is 0 Å². The standard InChI is InChI=1S/C12H24N2O/c13-9-6-7-12(11(14)8-9)15-10-4-2-1-3-5-10/h9-12H,1-8,13-14H2. The summed E-state index contributed by atoms with van der Waals surface area (Å²) >= 11 is 0. The first kappa shape index (κ1) is 11.4. The van der Waals surface area contributed by atoms with Gasteiger partial charge >= 0.3 is 0 Å². The Balaban J connectivity index is 1.77. The van der Waals surface area contributed by atoms with Gasteiger partial charge < -0.3 is 16.2 Å². The molecule has 2 saturated carbocycles. The van der Waals surface area contributed by atoms with Crippen molar-refractivity contribution in [3.63, 3.8) is 0 Å². The molecule has 0 aromatic heterocycles. The van der Waals surface area contributed by atoms with Crippen LogP contribution >= 0.6 is 0 Å². The van der Waals surface area contributed by atoms with E-state index in [4.69, 9.17) is 16.2 Å². The quantitative estimate of drug-likeness (QED) is 0.730. The maximum atomic E-state index is 6.11. The highest BCUT2D eigenvalue weighted by Crippen LogP contribution is 2.26. The smallest absolute Gasteiger partial charge is 0.0730 e. The average molecular weight is 212 g/mol. The van der Waals surface area contributed by atoms with E-state index in [1.807, 2.05) is 0 Å². The largest absolute Gasteiger partial charge is 0.373 e. The molecule has 3 nitrogen and oxygen atoms in total. The molecule has 0 aromatic carbocycles. The highest BCUT2D eigenvalue weighted by atomic mass is 16.5. The van der Waals surface area contributed by atoms with Crippen LogP contribution in [0.1, 0.15) is 51.4 Å². The molecule has 0 bridgehead atoms. The Labute approximate surface area is 92.5 Å². The third-order valence-electron chi connectivity index (χ3n) is 3.79. The first-order valence-corrected chi connectivity index (χ1v) is 6.42. The molecule has 3 atom stereocenters. The second-order valence-corrected chi connectivity index (χ2v) is 5.17. The van der Waals surface area contributed by atoms with E-state index < -0.39 is 0 Å². The minimum atomic E-state index is 0.163. The highest BCUT2D eigenvalue weighted by molar-refractivity contribution is 4.86. The summed E-state index contributed by atoms with van der Waals surface area (Å²) in [5, 5.41) is 0. The van der Waals surface area contributed by atoms with Gasteiger partial charge in [-0.3, -0.25) is 0 Å². The zero-order valence-electron chi connectivity index (χ0n) is 9.53. The fourth-order valence-corrected chi connectivity index (χ4v) is 2.83. The fourth-order valence-electron chi connectivity index (χ4n) is 2.83. The molecule has 2 rings (SSSR count). The minimum Gasteiger partial charge on any atom is -0.373 e. The second kappa shape index (κ2) is 5.28. The topological polar surface area (TPSA) is 61.3 Å². The van der Waals surface area contributed by atoms with Crippen molar-refractivity contribution in [2.45, 2.75) is 75.7 Å². The van der Waals surface area contributed by atoms with Crippen molar-refractivity contribution in [2.75, 3.05) is 0 Å². The predicted octanol–water partition coefficient (Wildman–Crippen LogP) is 1.54. The number of hydrogen-bond acceptors (Lipinski definition) is 3. The third-order valence-corrected chi connectivity index (χ3v) is 3.79. The summed E-state index contributed by atoms with van der Waals surface area (Å²) in [7, 11) is 0. The van der Waals surface area contributed by atoms with Gasteiger partial charge in [0.1, 0.15) is 0 Å². The average Bonchev–Trinajstić information content (AvgIpc) is 2.24. The molecule has 0 spiro atoms. The summed E-state index contributed by atoms with van der Waals surface area (Å²) < 4.78 is 6.11. The summed E-state index contributed by atoms with van der Waals surface area (Å²) in [6.07, 6.45) is 10.3. The van der Waals surface area contributed by atoms with Gasteiger partial charge in [0.25, 0.3) is 0 Å². The van der Waals surface area contributed by atoms with E-state index in [9.17, 15) is 0 Å². The van der Waals surface area contributed by atoms with Crippen LogP contribution in [-0.2, 0) is 4.74 Å². The molecular formula is C12H24N2O. The first-order valence-electron chi connectivity index (χ1n) is 6.42. The van der Waals surface area contributed by atoms with Crippen LogP contribution in [0.5, 0.6) is 0 Å². The summed E-state index contributed by atoms with van der Waals surface area (Å²) in [6.45, 7) is 0. The van der Waals surface area contributed by atoms with Gasteiger partial charge in [0.15, 0.2) is 0 Å². The van der Waals surface area contributed by atoms with Gasteiger partial charge in [-0.15, -0.1) is 0 Å². The van der Waals surface area contributed by atoms with Crippen molar-refractivity contribution in [1.82, 2.24) is 0 Å². The maximum absolute atomic E-state index is 6.11. The van der Waals surface area contributed by atoms with Gasteiger partial charge in [-0.1, -0.05) is 19.3 Å². The molecule has 3 unspecified atom stereocenters. The van der Waals surface area contributed by atoms with Crippen LogP contribution in [0.25, 0.3) is 0 Å². The second-order valence-electron chi connectivity index (χ2n) is 5.17. The van der Waals surface area contributed by atoms with Crippen molar-refractivity contribution < 1.29 is 4.74 Å². The highest BCUT2D eigenvalue weighted by Gasteiger charge is 2.29. The maximum Gasteiger partial charge on any atom is 0.0730 e. The molecule has 0 amide bonds. The van der Waals surface area contributed by atoms with Gasteiger partial charge in [0.2, 0.25) is 0 Å². The summed E-state index contributed by atoms with van der Waals surface area (Å²) in [5.41, 5.74) is 12.0. The summed E-state index contributed by atoms with van der Waals surface area (Å²) in [4.78, 5) is 0. The molecule has 0 saturated heterocycles. The Morgan fingerprint density at radius 1 is 0.867 bits per heavy atom. The zero-order valence-corrected chi connectivity index (χ0v) is 9.53. The molecule has 15 heavy (non-hydrogen) atoms. The molecule has 3 heteroatoms. The molecule has 0 heterocycles. The molecule has 2 fully saturated rings. The molecule has 0 radical (unpaired) electrons. The molecule has 0 aromatic rings. The van der Waals surface area contributed by atoms with Crippen molar-refractivity contribution in [2.24, 2.45) is 11.5 Å². The zero-order chi connectivity index (χ0) is 10.7. The van der Waals surface area contributed by atoms with E-state index in [0.29, 0.717) is 12.1 Å². The van der Waals surface area contributed by atoms with Crippen LogP contribution < -0.4 is 11.5 Å². The minimum absolute atomic E-state index is 0.163. The lowest BCUT2D eigenvalue weighted by molar-refractivity contribution is -0.0558. The van der Waals surface area contributed by atoms with Gasteiger partial charge in [0.05, 0.1) is 12.2 Å². The van der Waals surface area contributed by atoms with Crippen LogP contribution in [0, 0.1) is 0 Å². The van der Waals surface area contributed by atoms with E-state index in [-0.39, 0.29) is 12.1 Å². The normalized spacial score (nSPS) is 39.2. The molecule has 88 valence electrons. The van der Waals surface area contributed by atoms with Crippen LogP contribution in [0.3, 0.4) is 0 Å². The summed E-state index contributed by atoms with van der Waals surface area (Å²) in [6, 6.07) is 0.460. The van der Waals surface area contributed by atoms with E-state index in [1.54, 1.807) is 0 Å². The molecule has 0 aliphatic heterocycles. The predicted molar refractivity (Wildman–Crippen MR) is 61.5 cm³/mol. The number of ether oxygens (including phenoxy) is 1. The number of rotatable bonds is 2. The van der Waals surface area contributed by atoms with Crippen LogP contribution in [0.2, 0.25) is 0 Å². The Morgan fingerprint density at radius 3 is 2.27 bits per heavy atom. The van der Waals surface area contributed by atoms with E-state index in [0.717, 1.165) is 19.3 Å².